The van der Waals surface area contributed by atoms with E-state index in [-0.39, 0.29) is 11.5 Å². The molecule has 0 fully saturated rings. The Labute approximate surface area is 184 Å². The van der Waals surface area contributed by atoms with Gasteiger partial charge in [0.2, 0.25) is 0 Å². The molecule has 0 aliphatic rings. The van der Waals surface area contributed by atoms with E-state index in [1.165, 1.54) is 6.08 Å². The number of rotatable bonds is 11. The second-order valence-corrected chi connectivity index (χ2v) is 9.24. The Balaban J connectivity index is 1.95. The van der Waals surface area contributed by atoms with Crippen molar-refractivity contribution in [3.8, 4) is 6.07 Å². The second kappa shape index (κ2) is 12.0. The number of nitrogens with zero attached hydrogens (tertiary/aromatic N) is 4. The fourth-order valence-electron chi connectivity index (χ4n) is 2.84. The first-order valence-electron chi connectivity index (χ1n) is 10.1. The molecule has 2 rings (SSSR count). The van der Waals surface area contributed by atoms with Crippen molar-refractivity contribution in [3.63, 3.8) is 0 Å². The Morgan fingerprint density at radius 1 is 1.00 bits per heavy atom. The average molecular weight is 441 g/mol. The maximum absolute atomic E-state index is 11.5. The number of unbranched alkanes of at least 4 members (excludes halogenated alkanes) is 3. The molecule has 0 atom stereocenters. The Hall–Kier alpha value is -3.02. The van der Waals surface area contributed by atoms with Gasteiger partial charge < -0.3 is 10.0 Å². The molecule has 164 valence electrons. The number of anilines is 1. The van der Waals surface area contributed by atoms with Gasteiger partial charge in [-0.15, -0.1) is 0 Å². The predicted molar refractivity (Wildman–Crippen MR) is 124 cm³/mol. The molecule has 7 nitrogen and oxygen atoms in total. The van der Waals surface area contributed by atoms with Gasteiger partial charge in [0.05, 0.1) is 11.4 Å². The number of nitriles is 1. The van der Waals surface area contributed by atoms with Crippen molar-refractivity contribution in [2.75, 3.05) is 31.4 Å². The number of hydrogen-bond donors (Lipinski definition) is 1. The topological polar surface area (TPSA) is 106 Å². The van der Waals surface area contributed by atoms with Gasteiger partial charge in [0.25, 0.3) is 0 Å². The van der Waals surface area contributed by atoms with Crippen LogP contribution in [0.1, 0.15) is 31.2 Å². The SMILES string of the molecule is CN(CCCCCCO)c1ccc(/N=N/c2ccc(/C=C(\C#N)S(C)(=O)=O)cc2)cc1. The van der Waals surface area contributed by atoms with E-state index < -0.39 is 9.84 Å². The summed E-state index contributed by atoms with van der Waals surface area (Å²) in [5.41, 5.74) is 3.06. The van der Waals surface area contributed by atoms with Crippen molar-refractivity contribution in [3.05, 3.63) is 59.0 Å². The van der Waals surface area contributed by atoms with E-state index in [1.54, 1.807) is 30.3 Å². The highest BCUT2D eigenvalue weighted by Gasteiger charge is 2.10. The predicted octanol–water partition coefficient (Wildman–Crippen LogP) is 5.00. The van der Waals surface area contributed by atoms with Crippen LogP contribution in [0.15, 0.2) is 63.7 Å². The van der Waals surface area contributed by atoms with Crippen LogP contribution in [0.25, 0.3) is 6.08 Å². The highest BCUT2D eigenvalue weighted by molar-refractivity contribution is 7.95. The maximum Gasteiger partial charge on any atom is 0.185 e. The fourth-order valence-corrected chi connectivity index (χ4v) is 3.36. The fraction of sp³-hybridized carbons (Fsp3) is 0.348. The lowest BCUT2D eigenvalue weighted by molar-refractivity contribution is 0.282. The first-order valence-corrected chi connectivity index (χ1v) is 12.0. The van der Waals surface area contributed by atoms with Crippen molar-refractivity contribution < 1.29 is 13.5 Å². The zero-order chi connectivity index (χ0) is 22.7. The third kappa shape index (κ3) is 8.32. The monoisotopic (exact) mass is 440 g/mol. The van der Waals surface area contributed by atoms with E-state index in [0.29, 0.717) is 11.3 Å². The van der Waals surface area contributed by atoms with E-state index in [9.17, 15) is 8.42 Å². The van der Waals surface area contributed by atoms with Crippen LogP contribution in [-0.4, -0.2) is 40.0 Å². The van der Waals surface area contributed by atoms with E-state index in [0.717, 1.165) is 49.9 Å². The number of sulfone groups is 1. The third-order valence-electron chi connectivity index (χ3n) is 4.67. The first kappa shape index (κ1) is 24.3. The molecule has 0 amide bonds. The molecule has 31 heavy (non-hydrogen) atoms. The molecule has 0 aliphatic carbocycles. The van der Waals surface area contributed by atoms with Crippen molar-refractivity contribution >= 4 is 33.0 Å². The summed E-state index contributed by atoms with van der Waals surface area (Å²) < 4.78 is 23.0. The molecule has 0 saturated carbocycles. The largest absolute Gasteiger partial charge is 0.396 e. The van der Waals surface area contributed by atoms with Crippen LogP contribution in [0.4, 0.5) is 17.1 Å². The quantitative estimate of drug-likeness (QED) is 0.301. The molecule has 0 bridgehead atoms. The van der Waals surface area contributed by atoms with Gasteiger partial charge in [0.1, 0.15) is 11.0 Å². The van der Waals surface area contributed by atoms with Gasteiger partial charge in [-0.1, -0.05) is 25.0 Å². The van der Waals surface area contributed by atoms with Gasteiger partial charge in [0.15, 0.2) is 9.84 Å². The van der Waals surface area contributed by atoms with Gasteiger partial charge in [-0.25, -0.2) is 8.42 Å². The summed E-state index contributed by atoms with van der Waals surface area (Å²) >= 11 is 0. The first-order chi connectivity index (χ1) is 14.8. The Kier molecular flexibility index (Phi) is 9.38. The second-order valence-electron chi connectivity index (χ2n) is 7.26. The van der Waals surface area contributed by atoms with Crippen LogP contribution in [-0.2, 0) is 9.84 Å². The molecule has 0 radical (unpaired) electrons. The lowest BCUT2D eigenvalue weighted by Gasteiger charge is -2.19. The highest BCUT2D eigenvalue weighted by Crippen LogP contribution is 2.23. The van der Waals surface area contributed by atoms with Gasteiger partial charge >= 0.3 is 0 Å². The molecule has 0 unspecified atom stereocenters. The molecule has 0 saturated heterocycles. The summed E-state index contributed by atoms with van der Waals surface area (Å²) in [6.45, 7) is 1.22. The minimum absolute atomic E-state index is 0.262. The molecule has 0 spiro atoms. The average Bonchev–Trinajstić information content (AvgIpc) is 2.76. The minimum Gasteiger partial charge on any atom is -0.396 e. The van der Waals surface area contributed by atoms with Crippen LogP contribution in [0.2, 0.25) is 0 Å². The van der Waals surface area contributed by atoms with Gasteiger partial charge in [-0.2, -0.15) is 15.5 Å². The number of aliphatic hydroxyl groups is 1. The number of azo groups is 1. The number of aliphatic hydroxyl groups excluding tert-OH is 1. The van der Waals surface area contributed by atoms with Crippen molar-refractivity contribution in [2.24, 2.45) is 10.2 Å². The Morgan fingerprint density at radius 3 is 2.06 bits per heavy atom. The lowest BCUT2D eigenvalue weighted by atomic mass is 10.2. The molecule has 0 aliphatic heterocycles. The Morgan fingerprint density at radius 2 is 1.55 bits per heavy atom. The molecule has 2 aromatic rings. The number of benzene rings is 2. The summed E-state index contributed by atoms with van der Waals surface area (Å²) in [6.07, 6.45) is 6.45. The lowest BCUT2D eigenvalue weighted by Crippen LogP contribution is -2.18. The molecule has 0 aromatic heterocycles. The Bertz CT molecular complexity index is 1040. The number of allylic oxidation sites excluding steroid dienone is 1. The summed E-state index contributed by atoms with van der Waals surface area (Å²) in [7, 11) is -1.49. The number of hydrogen-bond acceptors (Lipinski definition) is 7. The van der Waals surface area contributed by atoms with Crippen LogP contribution >= 0.6 is 0 Å². The molecule has 2 aromatic carbocycles. The zero-order valence-electron chi connectivity index (χ0n) is 17.9. The molecule has 0 heterocycles. The summed E-state index contributed by atoms with van der Waals surface area (Å²) in [5.74, 6) is 0. The van der Waals surface area contributed by atoms with E-state index in [2.05, 4.69) is 22.2 Å². The van der Waals surface area contributed by atoms with Crippen LogP contribution < -0.4 is 4.90 Å². The van der Waals surface area contributed by atoms with Gasteiger partial charge in [-0.05, 0) is 60.9 Å². The van der Waals surface area contributed by atoms with Crippen LogP contribution in [0, 0.1) is 11.3 Å². The minimum atomic E-state index is -3.54. The highest BCUT2D eigenvalue weighted by atomic mass is 32.2. The van der Waals surface area contributed by atoms with Crippen molar-refractivity contribution in [2.45, 2.75) is 25.7 Å². The standard InChI is InChI=1S/C23H28N4O3S/c1-27(15-5-3-4-6-16-28)22-13-11-21(12-14-22)26-25-20-9-7-19(8-10-20)17-23(18-24)31(2,29)30/h7-14,17,28H,3-6,15-16H2,1-2H3/b23-17+,26-25+. The summed E-state index contributed by atoms with van der Waals surface area (Å²) in [4.78, 5) is 1.91. The molecular formula is C23H28N4O3S. The molecule has 1 N–H and O–H groups in total. The van der Waals surface area contributed by atoms with Crippen LogP contribution in [0.3, 0.4) is 0 Å². The van der Waals surface area contributed by atoms with E-state index in [4.69, 9.17) is 10.4 Å². The molecule has 8 heteroatoms. The van der Waals surface area contributed by atoms with E-state index in [1.807, 2.05) is 24.3 Å². The maximum atomic E-state index is 11.5. The van der Waals surface area contributed by atoms with Gasteiger partial charge in [0, 0.05) is 32.1 Å². The molecular weight excluding hydrogens is 412 g/mol. The van der Waals surface area contributed by atoms with Crippen LogP contribution in [0.5, 0.6) is 0 Å². The third-order valence-corrected chi connectivity index (χ3v) is 5.68. The van der Waals surface area contributed by atoms with Crippen molar-refractivity contribution in [1.29, 1.82) is 5.26 Å². The summed E-state index contributed by atoms with van der Waals surface area (Å²) in [6, 6.07) is 16.3. The summed E-state index contributed by atoms with van der Waals surface area (Å²) in [5, 5.41) is 26.2. The van der Waals surface area contributed by atoms with E-state index >= 15 is 0 Å². The van der Waals surface area contributed by atoms with Gasteiger partial charge in [-0.3, -0.25) is 0 Å². The normalized spacial score (nSPS) is 12.1. The smallest absolute Gasteiger partial charge is 0.185 e. The van der Waals surface area contributed by atoms with Crippen molar-refractivity contribution in [1.82, 2.24) is 0 Å². The zero-order valence-corrected chi connectivity index (χ0v) is 18.7.